The van der Waals surface area contributed by atoms with Crippen LogP contribution in [-0.4, -0.2) is 35.6 Å². The molecule has 1 heterocycles. The van der Waals surface area contributed by atoms with Crippen LogP contribution in [0.4, 0.5) is 0 Å². The predicted octanol–water partition coefficient (Wildman–Crippen LogP) is 2.88. The van der Waals surface area contributed by atoms with Gasteiger partial charge in [0.1, 0.15) is 0 Å². The highest BCUT2D eigenvalue weighted by Gasteiger charge is 2.40. The molecule has 1 saturated heterocycles. The number of carboxylic acids is 1. The summed E-state index contributed by atoms with van der Waals surface area (Å²) in [6.45, 7) is 3.91. The first kappa shape index (κ1) is 13.8. The van der Waals surface area contributed by atoms with E-state index in [4.69, 9.17) is 23.2 Å². The molecule has 1 atom stereocenters. The van der Waals surface area contributed by atoms with Crippen molar-refractivity contribution >= 4 is 29.2 Å². The van der Waals surface area contributed by atoms with Gasteiger partial charge in [0, 0.05) is 23.7 Å². The van der Waals surface area contributed by atoms with Crippen LogP contribution in [0.2, 0.25) is 0 Å². The third-order valence-corrected chi connectivity index (χ3v) is 3.88. The Hall–Kier alpha value is -0.250. The molecule has 0 amide bonds. The van der Waals surface area contributed by atoms with Gasteiger partial charge in [-0.2, -0.15) is 0 Å². The third-order valence-electron chi connectivity index (χ3n) is 3.28. The fourth-order valence-corrected chi connectivity index (χ4v) is 2.46. The standard InChI is InChI=1S/C11H17Cl2NO2/c1-2-11(10(15)16)4-3-5-14(8-11)7-9(13)6-12/h6H,2-5,7-8H2,1H3,(H,15,16). The molecule has 1 aliphatic heterocycles. The summed E-state index contributed by atoms with van der Waals surface area (Å²) in [4.78, 5) is 13.4. The topological polar surface area (TPSA) is 40.5 Å². The summed E-state index contributed by atoms with van der Waals surface area (Å²) in [5, 5.41) is 9.85. The molecule has 1 N–H and O–H groups in total. The summed E-state index contributed by atoms with van der Waals surface area (Å²) in [7, 11) is 0. The van der Waals surface area contributed by atoms with Crippen LogP contribution in [0.1, 0.15) is 26.2 Å². The molecule has 1 unspecified atom stereocenters. The molecule has 3 nitrogen and oxygen atoms in total. The zero-order chi connectivity index (χ0) is 12.2. The highest BCUT2D eigenvalue weighted by atomic mass is 35.5. The van der Waals surface area contributed by atoms with Crippen LogP contribution in [0.25, 0.3) is 0 Å². The van der Waals surface area contributed by atoms with Gasteiger partial charge in [0.05, 0.1) is 5.41 Å². The molecule has 0 radical (unpaired) electrons. The van der Waals surface area contributed by atoms with Gasteiger partial charge in [-0.1, -0.05) is 30.1 Å². The Morgan fingerprint density at radius 3 is 2.81 bits per heavy atom. The van der Waals surface area contributed by atoms with Gasteiger partial charge in [0.15, 0.2) is 0 Å². The van der Waals surface area contributed by atoms with E-state index in [1.54, 1.807) is 0 Å². The second kappa shape index (κ2) is 5.89. The second-order valence-electron chi connectivity index (χ2n) is 4.31. The Balaban J connectivity index is 2.68. The van der Waals surface area contributed by atoms with E-state index in [2.05, 4.69) is 4.90 Å². The van der Waals surface area contributed by atoms with E-state index in [1.807, 2.05) is 6.92 Å². The van der Waals surface area contributed by atoms with Gasteiger partial charge in [-0.25, -0.2) is 0 Å². The van der Waals surface area contributed by atoms with Crippen molar-refractivity contribution in [1.29, 1.82) is 0 Å². The van der Waals surface area contributed by atoms with Gasteiger partial charge in [0.25, 0.3) is 0 Å². The van der Waals surface area contributed by atoms with E-state index in [9.17, 15) is 9.90 Å². The summed E-state index contributed by atoms with van der Waals surface area (Å²) in [5.74, 6) is -0.703. The number of hydrogen-bond donors (Lipinski definition) is 1. The molecule has 0 saturated carbocycles. The molecule has 92 valence electrons. The molecule has 0 spiro atoms. The number of carboxylic acid groups (broad SMARTS) is 1. The van der Waals surface area contributed by atoms with E-state index in [0.29, 0.717) is 24.5 Å². The number of aliphatic carboxylic acids is 1. The molecule has 0 aromatic carbocycles. The van der Waals surface area contributed by atoms with Crippen LogP contribution < -0.4 is 0 Å². The van der Waals surface area contributed by atoms with Crippen molar-refractivity contribution in [2.75, 3.05) is 19.6 Å². The molecule has 0 bridgehead atoms. The highest BCUT2D eigenvalue weighted by Crippen LogP contribution is 2.34. The number of carbonyl (C=O) groups is 1. The van der Waals surface area contributed by atoms with Crippen molar-refractivity contribution in [3.63, 3.8) is 0 Å². The van der Waals surface area contributed by atoms with Gasteiger partial charge in [-0.3, -0.25) is 9.69 Å². The monoisotopic (exact) mass is 265 g/mol. The molecule has 1 fully saturated rings. The van der Waals surface area contributed by atoms with Crippen LogP contribution in [0, 0.1) is 5.41 Å². The first-order chi connectivity index (χ1) is 7.54. The van der Waals surface area contributed by atoms with Gasteiger partial charge in [0.2, 0.25) is 0 Å². The Bertz CT molecular complexity index is 294. The largest absolute Gasteiger partial charge is 0.481 e. The zero-order valence-electron chi connectivity index (χ0n) is 9.38. The molecule has 5 heteroatoms. The van der Waals surface area contributed by atoms with Crippen molar-refractivity contribution in [3.05, 3.63) is 10.6 Å². The minimum atomic E-state index is -0.703. The first-order valence-electron chi connectivity index (χ1n) is 5.44. The smallest absolute Gasteiger partial charge is 0.310 e. The molecule has 1 aliphatic rings. The lowest BCUT2D eigenvalue weighted by Gasteiger charge is -2.39. The predicted molar refractivity (Wildman–Crippen MR) is 65.8 cm³/mol. The molecular weight excluding hydrogens is 249 g/mol. The van der Waals surface area contributed by atoms with Gasteiger partial charge in [-0.05, 0) is 25.8 Å². The van der Waals surface area contributed by atoms with E-state index >= 15 is 0 Å². The Morgan fingerprint density at radius 1 is 1.62 bits per heavy atom. The lowest BCUT2D eigenvalue weighted by atomic mass is 9.77. The van der Waals surface area contributed by atoms with Gasteiger partial charge < -0.3 is 5.11 Å². The Kier molecular flexibility index (Phi) is 5.09. The van der Waals surface area contributed by atoms with E-state index in [-0.39, 0.29) is 0 Å². The normalized spacial score (nSPS) is 28.1. The molecule has 0 aromatic heterocycles. The van der Waals surface area contributed by atoms with Crippen LogP contribution in [-0.2, 0) is 4.79 Å². The molecule has 0 aromatic rings. The summed E-state index contributed by atoms with van der Waals surface area (Å²) in [6, 6.07) is 0. The van der Waals surface area contributed by atoms with Crippen molar-refractivity contribution < 1.29 is 9.90 Å². The minimum absolute atomic E-state index is 0.542. The zero-order valence-corrected chi connectivity index (χ0v) is 10.9. The van der Waals surface area contributed by atoms with Gasteiger partial charge in [-0.15, -0.1) is 0 Å². The second-order valence-corrected chi connectivity index (χ2v) is 5.01. The highest BCUT2D eigenvalue weighted by molar-refractivity contribution is 6.36. The van der Waals surface area contributed by atoms with Crippen molar-refractivity contribution in [2.24, 2.45) is 5.41 Å². The number of halogens is 2. The lowest BCUT2D eigenvalue weighted by molar-refractivity contribution is -0.152. The summed E-state index contributed by atoms with van der Waals surface area (Å²) in [5.41, 5.74) is 0.728. The number of hydrogen-bond acceptors (Lipinski definition) is 2. The Morgan fingerprint density at radius 2 is 2.31 bits per heavy atom. The third kappa shape index (κ3) is 3.12. The molecular formula is C11H17Cl2NO2. The number of likely N-dealkylation sites (tertiary alicyclic amines) is 1. The molecule has 1 rings (SSSR count). The van der Waals surface area contributed by atoms with E-state index in [1.165, 1.54) is 5.54 Å². The van der Waals surface area contributed by atoms with Crippen molar-refractivity contribution in [2.45, 2.75) is 26.2 Å². The fourth-order valence-electron chi connectivity index (χ4n) is 2.22. The lowest BCUT2D eigenvalue weighted by Crippen LogP contribution is -2.47. The average molecular weight is 266 g/mol. The first-order valence-corrected chi connectivity index (χ1v) is 6.26. The SMILES string of the molecule is CCC1(C(=O)O)CCCN(CC(Cl)=CCl)C1. The molecule has 0 aliphatic carbocycles. The van der Waals surface area contributed by atoms with Crippen LogP contribution in [0.5, 0.6) is 0 Å². The van der Waals surface area contributed by atoms with Crippen LogP contribution >= 0.6 is 23.2 Å². The number of rotatable bonds is 4. The van der Waals surface area contributed by atoms with Crippen molar-refractivity contribution in [1.82, 2.24) is 4.90 Å². The van der Waals surface area contributed by atoms with Crippen LogP contribution in [0.15, 0.2) is 10.6 Å². The minimum Gasteiger partial charge on any atom is -0.481 e. The van der Waals surface area contributed by atoms with E-state index < -0.39 is 11.4 Å². The molecule has 16 heavy (non-hydrogen) atoms. The maximum atomic E-state index is 11.3. The fraction of sp³-hybridized carbons (Fsp3) is 0.727. The maximum absolute atomic E-state index is 11.3. The maximum Gasteiger partial charge on any atom is 0.310 e. The summed E-state index contributed by atoms with van der Waals surface area (Å²) < 4.78 is 0. The van der Waals surface area contributed by atoms with E-state index in [0.717, 1.165) is 19.4 Å². The summed E-state index contributed by atoms with van der Waals surface area (Å²) >= 11 is 11.4. The quantitative estimate of drug-likeness (QED) is 0.850. The Labute approximate surface area is 106 Å². The van der Waals surface area contributed by atoms with Crippen LogP contribution in [0.3, 0.4) is 0 Å². The average Bonchev–Trinajstić information content (AvgIpc) is 2.28. The van der Waals surface area contributed by atoms with Crippen molar-refractivity contribution in [3.8, 4) is 0 Å². The number of nitrogens with zero attached hydrogens (tertiary/aromatic N) is 1. The van der Waals surface area contributed by atoms with Gasteiger partial charge >= 0.3 is 5.97 Å². The number of piperidine rings is 1. The summed E-state index contributed by atoms with van der Waals surface area (Å²) in [6.07, 6.45) is 2.30.